The van der Waals surface area contributed by atoms with Crippen molar-refractivity contribution in [1.82, 2.24) is 29.8 Å². The maximum Gasteiger partial charge on any atom is 0.281 e. The third-order valence-corrected chi connectivity index (χ3v) is 9.58. The Hall–Kier alpha value is -3.22. The highest BCUT2D eigenvalue weighted by atomic mass is 35.5. The molecular formula is C28H36ClN7O4S. The molecule has 1 saturated carbocycles. The number of carbonyl (C=O) groups excluding carboxylic acids is 1. The number of pyridine rings is 2. The number of ether oxygens (including phenoxy) is 1. The van der Waals surface area contributed by atoms with Crippen molar-refractivity contribution in [3.05, 3.63) is 53.3 Å². The highest BCUT2D eigenvalue weighted by molar-refractivity contribution is 7.90. The van der Waals surface area contributed by atoms with E-state index < -0.39 is 15.9 Å². The Bertz CT molecular complexity index is 1520. The number of halogens is 1. The number of anilines is 1. The van der Waals surface area contributed by atoms with Crippen molar-refractivity contribution in [3.63, 3.8) is 0 Å². The van der Waals surface area contributed by atoms with E-state index >= 15 is 0 Å². The second-order valence-electron chi connectivity index (χ2n) is 11.7. The summed E-state index contributed by atoms with van der Waals surface area (Å²) in [4.78, 5) is 21.3. The summed E-state index contributed by atoms with van der Waals surface area (Å²) < 4.78 is 35.2. The lowest BCUT2D eigenvalue weighted by molar-refractivity contribution is 0.0981. The Morgan fingerprint density at radius 1 is 1.17 bits per heavy atom. The molecule has 1 unspecified atom stereocenters. The number of nitrogens with zero attached hydrogens (tertiary/aromatic N) is 4. The second kappa shape index (κ2) is 11.6. The monoisotopic (exact) mass is 601 g/mol. The van der Waals surface area contributed by atoms with Gasteiger partial charge in [-0.05, 0) is 88.1 Å². The summed E-state index contributed by atoms with van der Waals surface area (Å²) in [7, 11) is -4.26. The number of nitrogens with one attached hydrogen (secondary N) is 3. The van der Waals surface area contributed by atoms with E-state index in [0.717, 1.165) is 25.8 Å². The van der Waals surface area contributed by atoms with E-state index in [-0.39, 0.29) is 21.3 Å². The Morgan fingerprint density at radius 3 is 2.68 bits per heavy atom. The molecule has 3 aromatic heterocycles. The van der Waals surface area contributed by atoms with Crippen LogP contribution in [0.2, 0.25) is 5.15 Å². The van der Waals surface area contributed by atoms with E-state index in [1.54, 1.807) is 24.4 Å². The van der Waals surface area contributed by atoms with E-state index in [0.29, 0.717) is 42.0 Å². The third kappa shape index (κ3) is 7.17. The molecule has 220 valence electrons. The maximum absolute atomic E-state index is 13.0. The summed E-state index contributed by atoms with van der Waals surface area (Å²) in [6.07, 6.45) is 7.12. The van der Waals surface area contributed by atoms with Gasteiger partial charge in [0.1, 0.15) is 11.0 Å². The van der Waals surface area contributed by atoms with Crippen LogP contribution < -0.4 is 20.1 Å². The van der Waals surface area contributed by atoms with Crippen LogP contribution in [0.5, 0.6) is 5.88 Å². The standard InChI is InChI=1S/C28H36ClN7O4S/c1-27(2)19(10-16-31-27)9-15-30-21-5-4-6-24(32-21)41(38,39)35-26(37)20-7-8-22(33-25(20)29)36-17-11-23(34-36)40-18-14-28(3)12-13-28/h4-8,11,17,19,31H,9-10,12-16,18H2,1-3H3,(H,30,32)(H,35,37). The summed E-state index contributed by atoms with van der Waals surface area (Å²) >= 11 is 6.28. The second-order valence-corrected chi connectivity index (χ2v) is 13.6. The molecule has 2 aliphatic rings. The largest absolute Gasteiger partial charge is 0.477 e. The van der Waals surface area contributed by atoms with E-state index in [4.69, 9.17) is 16.3 Å². The summed E-state index contributed by atoms with van der Waals surface area (Å²) in [5.74, 6) is 0.829. The molecule has 3 N–H and O–H groups in total. The molecule has 11 nitrogen and oxygen atoms in total. The predicted molar refractivity (Wildman–Crippen MR) is 156 cm³/mol. The van der Waals surface area contributed by atoms with Crippen molar-refractivity contribution >= 4 is 33.3 Å². The first-order chi connectivity index (χ1) is 19.4. The topological polar surface area (TPSA) is 140 Å². The zero-order valence-corrected chi connectivity index (χ0v) is 25.1. The van der Waals surface area contributed by atoms with Gasteiger partial charge in [-0.2, -0.15) is 8.42 Å². The lowest BCUT2D eigenvalue weighted by Gasteiger charge is -2.27. The minimum Gasteiger partial charge on any atom is -0.477 e. The van der Waals surface area contributed by atoms with Crippen LogP contribution in [-0.2, 0) is 10.0 Å². The molecule has 5 rings (SSSR count). The van der Waals surface area contributed by atoms with Gasteiger partial charge in [0.25, 0.3) is 15.9 Å². The molecule has 1 amide bonds. The van der Waals surface area contributed by atoms with Crippen molar-refractivity contribution in [2.75, 3.05) is 25.0 Å². The van der Waals surface area contributed by atoms with Crippen LogP contribution in [0.25, 0.3) is 5.82 Å². The highest BCUT2D eigenvalue weighted by Gasteiger charge is 2.36. The first-order valence-corrected chi connectivity index (χ1v) is 15.7. The molecule has 3 aromatic rings. The van der Waals surface area contributed by atoms with Crippen LogP contribution in [0.15, 0.2) is 47.6 Å². The Labute approximate surface area is 245 Å². The number of carbonyl (C=O) groups is 1. The van der Waals surface area contributed by atoms with Crippen molar-refractivity contribution in [1.29, 1.82) is 0 Å². The molecule has 41 heavy (non-hydrogen) atoms. The number of amides is 1. The Morgan fingerprint density at radius 2 is 1.98 bits per heavy atom. The molecule has 2 fully saturated rings. The zero-order chi connectivity index (χ0) is 29.3. The van der Waals surface area contributed by atoms with Crippen LogP contribution in [-0.4, -0.2) is 59.3 Å². The van der Waals surface area contributed by atoms with Crippen LogP contribution in [0.3, 0.4) is 0 Å². The van der Waals surface area contributed by atoms with Gasteiger partial charge in [0.15, 0.2) is 10.8 Å². The molecule has 4 heterocycles. The summed E-state index contributed by atoms with van der Waals surface area (Å²) in [5, 5.41) is 10.6. The van der Waals surface area contributed by atoms with Gasteiger partial charge in [-0.25, -0.2) is 19.4 Å². The number of aromatic nitrogens is 4. The van der Waals surface area contributed by atoms with Crippen molar-refractivity contribution in [2.45, 2.75) is 63.4 Å². The lowest BCUT2D eigenvalue weighted by atomic mass is 9.86. The van der Waals surface area contributed by atoms with Crippen LogP contribution in [0.4, 0.5) is 5.82 Å². The van der Waals surface area contributed by atoms with Gasteiger partial charge >= 0.3 is 0 Å². The molecule has 13 heteroatoms. The van der Waals surface area contributed by atoms with E-state index in [2.05, 4.69) is 46.5 Å². The highest BCUT2D eigenvalue weighted by Crippen LogP contribution is 2.47. The molecule has 0 aromatic carbocycles. The van der Waals surface area contributed by atoms with Gasteiger partial charge < -0.3 is 15.4 Å². The van der Waals surface area contributed by atoms with E-state index in [1.165, 1.54) is 35.7 Å². The zero-order valence-electron chi connectivity index (χ0n) is 23.5. The van der Waals surface area contributed by atoms with Gasteiger partial charge in [-0.1, -0.05) is 24.6 Å². The SMILES string of the molecule is CC1(CCOc2ccn(-c3ccc(C(=O)NS(=O)(=O)c4cccc(NCCC5CCNC5(C)C)n4)c(Cl)n3)n2)CC1. The fourth-order valence-electron chi connectivity index (χ4n) is 4.94. The quantitative estimate of drug-likeness (QED) is 0.261. The van der Waals surface area contributed by atoms with Gasteiger partial charge in [0.2, 0.25) is 5.88 Å². The van der Waals surface area contributed by atoms with Crippen molar-refractivity contribution in [2.24, 2.45) is 11.3 Å². The predicted octanol–water partition coefficient (Wildman–Crippen LogP) is 4.19. The van der Waals surface area contributed by atoms with Gasteiger partial charge in [0, 0.05) is 24.3 Å². The average Bonchev–Trinajstić information content (AvgIpc) is 3.30. The normalized spacial score (nSPS) is 19.1. The van der Waals surface area contributed by atoms with Crippen molar-refractivity contribution in [3.8, 4) is 11.7 Å². The summed E-state index contributed by atoms with van der Waals surface area (Å²) in [5.41, 5.74) is 0.367. The fraction of sp³-hybridized carbons (Fsp3) is 0.500. The van der Waals surface area contributed by atoms with Crippen molar-refractivity contribution < 1.29 is 17.9 Å². The average molecular weight is 602 g/mol. The molecule has 0 bridgehead atoms. The smallest absolute Gasteiger partial charge is 0.281 e. The summed E-state index contributed by atoms with van der Waals surface area (Å²) in [6.45, 7) is 8.84. The summed E-state index contributed by atoms with van der Waals surface area (Å²) in [6, 6.07) is 9.25. The molecule has 1 aliphatic heterocycles. The van der Waals surface area contributed by atoms with E-state index in [1.807, 2.05) is 4.72 Å². The first-order valence-electron chi connectivity index (χ1n) is 13.8. The van der Waals surface area contributed by atoms with Crippen LogP contribution in [0, 0.1) is 11.3 Å². The van der Waals surface area contributed by atoms with Gasteiger partial charge in [0.05, 0.1) is 12.2 Å². The van der Waals surface area contributed by atoms with E-state index in [9.17, 15) is 13.2 Å². The third-order valence-electron chi connectivity index (χ3n) is 8.06. The minimum atomic E-state index is -4.26. The molecular weight excluding hydrogens is 566 g/mol. The first kappa shape index (κ1) is 29.3. The van der Waals surface area contributed by atoms with Crippen LogP contribution >= 0.6 is 11.6 Å². The number of hydrogen-bond acceptors (Lipinski definition) is 9. The molecule has 1 atom stereocenters. The number of rotatable bonds is 12. The number of sulfonamides is 1. The van der Waals surface area contributed by atoms with Gasteiger partial charge in [-0.3, -0.25) is 4.79 Å². The Kier molecular flexibility index (Phi) is 8.27. The lowest BCUT2D eigenvalue weighted by Crippen LogP contribution is -2.38. The fourth-order valence-corrected chi connectivity index (χ4v) is 6.11. The molecule has 0 spiro atoms. The van der Waals surface area contributed by atoms with Crippen LogP contribution in [0.1, 0.15) is 63.2 Å². The minimum absolute atomic E-state index is 0.0719. The maximum atomic E-state index is 13.0. The van der Waals surface area contributed by atoms with Gasteiger partial charge in [-0.15, -0.1) is 5.10 Å². The molecule has 1 aliphatic carbocycles. The Balaban J connectivity index is 1.18. The molecule has 0 radical (unpaired) electrons. The molecule has 1 saturated heterocycles. The number of hydrogen-bond donors (Lipinski definition) is 3.